The second kappa shape index (κ2) is 6.71. The van der Waals surface area contributed by atoms with E-state index in [0.717, 1.165) is 16.5 Å². The van der Waals surface area contributed by atoms with E-state index < -0.39 is 0 Å². The number of amides is 1. The van der Waals surface area contributed by atoms with E-state index in [9.17, 15) is 4.79 Å². The predicted octanol–water partition coefficient (Wildman–Crippen LogP) is 4.28. The average molecular weight is 332 g/mol. The van der Waals surface area contributed by atoms with Crippen molar-refractivity contribution in [2.24, 2.45) is 0 Å². The van der Waals surface area contributed by atoms with Gasteiger partial charge in [0.05, 0.1) is 0 Å². The Morgan fingerprint density at radius 3 is 2.10 bits per heavy atom. The van der Waals surface area contributed by atoms with Crippen LogP contribution in [0.3, 0.4) is 0 Å². The molecule has 0 saturated carbocycles. The SMILES string of the molecule is CCc1ccc(CN(C)C(=O)c2ccc(Br)cc2)cc1. The van der Waals surface area contributed by atoms with Gasteiger partial charge in [0.1, 0.15) is 0 Å². The Balaban J connectivity index is 2.04. The molecule has 0 bridgehead atoms. The third-order valence-electron chi connectivity index (χ3n) is 3.29. The highest BCUT2D eigenvalue weighted by Gasteiger charge is 2.11. The third kappa shape index (κ3) is 3.70. The minimum atomic E-state index is 0.0390. The molecular formula is C17H18BrNO. The Labute approximate surface area is 128 Å². The Bertz CT molecular complexity index is 575. The van der Waals surface area contributed by atoms with E-state index in [-0.39, 0.29) is 5.91 Å². The normalized spacial score (nSPS) is 10.3. The quantitative estimate of drug-likeness (QED) is 0.818. The van der Waals surface area contributed by atoms with Crippen LogP contribution in [0.4, 0.5) is 0 Å². The maximum Gasteiger partial charge on any atom is 0.253 e. The molecule has 0 aliphatic carbocycles. The van der Waals surface area contributed by atoms with E-state index in [2.05, 4.69) is 47.1 Å². The van der Waals surface area contributed by atoms with E-state index in [1.165, 1.54) is 5.56 Å². The maximum atomic E-state index is 12.3. The van der Waals surface area contributed by atoms with Gasteiger partial charge in [-0.15, -0.1) is 0 Å². The molecule has 2 nitrogen and oxygen atoms in total. The number of benzene rings is 2. The minimum Gasteiger partial charge on any atom is -0.337 e. The molecular weight excluding hydrogens is 314 g/mol. The Morgan fingerprint density at radius 2 is 1.55 bits per heavy atom. The second-order valence-electron chi connectivity index (χ2n) is 4.84. The lowest BCUT2D eigenvalue weighted by Gasteiger charge is -2.17. The fraction of sp³-hybridized carbons (Fsp3) is 0.235. The van der Waals surface area contributed by atoms with Crippen molar-refractivity contribution in [3.63, 3.8) is 0 Å². The van der Waals surface area contributed by atoms with Crippen LogP contribution in [0.25, 0.3) is 0 Å². The predicted molar refractivity (Wildman–Crippen MR) is 85.8 cm³/mol. The number of carbonyl (C=O) groups is 1. The number of carbonyl (C=O) groups excluding carboxylic acids is 1. The topological polar surface area (TPSA) is 20.3 Å². The van der Waals surface area contributed by atoms with Crippen molar-refractivity contribution in [1.82, 2.24) is 4.90 Å². The summed E-state index contributed by atoms with van der Waals surface area (Å²) in [6.45, 7) is 2.76. The fourth-order valence-corrected chi connectivity index (χ4v) is 2.30. The molecule has 1 amide bonds. The first-order valence-electron chi connectivity index (χ1n) is 6.69. The van der Waals surface area contributed by atoms with Gasteiger partial charge in [-0.25, -0.2) is 0 Å². The van der Waals surface area contributed by atoms with Crippen LogP contribution in [0.1, 0.15) is 28.4 Å². The van der Waals surface area contributed by atoms with Gasteiger partial charge in [-0.05, 0) is 41.8 Å². The third-order valence-corrected chi connectivity index (χ3v) is 3.82. The lowest BCUT2D eigenvalue weighted by Crippen LogP contribution is -2.26. The molecule has 0 heterocycles. The first kappa shape index (κ1) is 14.8. The summed E-state index contributed by atoms with van der Waals surface area (Å²) in [4.78, 5) is 14.0. The summed E-state index contributed by atoms with van der Waals surface area (Å²) in [6, 6.07) is 15.9. The summed E-state index contributed by atoms with van der Waals surface area (Å²) in [5, 5.41) is 0. The number of halogens is 1. The van der Waals surface area contributed by atoms with E-state index in [0.29, 0.717) is 12.1 Å². The molecule has 0 aliphatic heterocycles. The van der Waals surface area contributed by atoms with Crippen molar-refractivity contribution < 1.29 is 4.79 Å². The molecule has 0 atom stereocenters. The van der Waals surface area contributed by atoms with Gasteiger partial charge < -0.3 is 4.90 Å². The summed E-state index contributed by atoms with van der Waals surface area (Å²) in [5.74, 6) is 0.0390. The number of hydrogen-bond donors (Lipinski definition) is 0. The van der Waals surface area contributed by atoms with Gasteiger partial charge in [0.25, 0.3) is 5.91 Å². The zero-order valence-electron chi connectivity index (χ0n) is 11.8. The van der Waals surface area contributed by atoms with E-state index in [1.807, 2.05) is 31.3 Å². The van der Waals surface area contributed by atoms with E-state index in [1.54, 1.807) is 4.90 Å². The molecule has 20 heavy (non-hydrogen) atoms. The van der Waals surface area contributed by atoms with Gasteiger partial charge >= 0.3 is 0 Å². The Hall–Kier alpha value is -1.61. The largest absolute Gasteiger partial charge is 0.337 e. The molecule has 0 aromatic heterocycles. The van der Waals surface area contributed by atoms with Gasteiger partial charge in [-0.1, -0.05) is 47.1 Å². The zero-order valence-corrected chi connectivity index (χ0v) is 13.4. The van der Waals surface area contributed by atoms with Gasteiger partial charge in [0.2, 0.25) is 0 Å². The number of nitrogens with zero attached hydrogens (tertiary/aromatic N) is 1. The zero-order chi connectivity index (χ0) is 14.5. The molecule has 0 aliphatic rings. The standard InChI is InChI=1S/C17H18BrNO/c1-3-13-4-6-14(7-5-13)12-19(2)17(20)15-8-10-16(18)11-9-15/h4-11H,3,12H2,1-2H3. The van der Waals surface area contributed by atoms with Crippen LogP contribution in [0, 0.1) is 0 Å². The molecule has 0 radical (unpaired) electrons. The van der Waals surface area contributed by atoms with Gasteiger partial charge in [0, 0.05) is 23.6 Å². The van der Waals surface area contributed by atoms with Crippen LogP contribution in [0.5, 0.6) is 0 Å². The fourth-order valence-electron chi connectivity index (χ4n) is 2.04. The van der Waals surface area contributed by atoms with Crippen LogP contribution in [-0.2, 0) is 13.0 Å². The van der Waals surface area contributed by atoms with Crippen molar-refractivity contribution in [2.75, 3.05) is 7.05 Å². The van der Waals surface area contributed by atoms with Crippen molar-refractivity contribution in [3.05, 3.63) is 69.7 Å². The van der Waals surface area contributed by atoms with Crippen molar-refractivity contribution in [2.45, 2.75) is 19.9 Å². The molecule has 2 aromatic rings. The molecule has 0 unspecified atom stereocenters. The second-order valence-corrected chi connectivity index (χ2v) is 5.75. The summed E-state index contributed by atoms with van der Waals surface area (Å²) in [5.41, 5.74) is 3.17. The molecule has 3 heteroatoms. The summed E-state index contributed by atoms with van der Waals surface area (Å²) in [6.07, 6.45) is 1.04. The van der Waals surface area contributed by atoms with E-state index >= 15 is 0 Å². The lowest BCUT2D eigenvalue weighted by atomic mass is 10.1. The lowest BCUT2D eigenvalue weighted by molar-refractivity contribution is 0.0785. The van der Waals surface area contributed by atoms with Crippen LogP contribution in [-0.4, -0.2) is 17.9 Å². The monoisotopic (exact) mass is 331 g/mol. The number of rotatable bonds is 4. The highest BCUT2D eigenvalue weighted by molar-refractivity contribution is 9.10. The van der Waals surface area contributed by atoms with Crippen molar-refractivity contribution in [3.8, 4) is 0 Å². The van der Waals surface area contributed by atoms with Gasteiger partial charge in [0.15, 0.2) is 0 Å². The molecule has 2 rings (SSSR count). The molecule has 0 N–H and O–H groups in total. The molecule has 2 aromatic carbocycles. The summed E-state index contributed by atoms with van der Waals surface area (Å²) < 4.78 is 0.979. The van der Waals surface area contributed by atoms with Crippen LogP contribution in [0.15, 0.2) is 53.0 Å². The number of aryl methyl sites for hydroxylation is 1. The molecule has 0 saturated heterocycles. The summed E-state index contributed by atoms with van der Waals surface area (Å²) >= 11 is 3.37. The smallest absolute Gasteiger partial charge is 0.253 e. The van der Waals surface area contributed by atoms with Crippen LogP contribution >= 0.6 is 15.9 Å². The molecule has 0 spiro atoms. The molecule has 104 valence electrons. The first-order valence-corrected chi connectivity index (χ1v) is 7.48. The van der Waals surface area contributed by atoms with Crippen LogP contribution in [0.2, 0.25) is 0 Å². The number of hydrogen-bond acceptors (Lipinski definition) is 1. The highest BCUT2D eigenvalue weighted by atomic mass is 79.9. The minimum absolute atomic E-state index is 0.0390. The molecule has 0 fully saturated rings. The van der Waals surface area contributed by atoms with Crippen molar-refractivity contribution in [1.29, 1.82) is 0 Å². The van der Waals surface area contributed by atoms with Crippen molar-refractivity contribution >= 4 is 21.8 Å². The van der Waals surface area contributed by atoms with Gasteiger partial charge in [-0.2, -0.15) is 0 Å². The van der Waals surface area contributed by atoms with Crippen LogP contribution < -0.4 is 0 Å². The Morgan fingerprint density at radius 1 is 1.00 bits per heavy atom. The van der Waals surface area contributed by atoms with E-state index in [4.69, 9.17) is 0 Å². The Kier molecular flexibility index (Phi) is 4.96. The average Bonchev–Trinajstić information content (AvgIpc) is 2.48. The summed E-state index contributed by atoms with van der Waals surface area (Å²) in [7, 11) is 1.83. The first-order chi connectivity index (χ1) is 9.60. The highest BCUT2D eigenvalue weighted by Crippen LogP contribution is 2.13. The maximum absolute atomic E-state index is 12.3. The van der Waals surface area contributed by atoms with Gasteiger partial charge in [-0.3, -0.25) is 4.79 Å².